The highest BCUT2D eigenvalue weighted by Crippen LogP contribution is 2.16. The van der Waals surface area contributed by atoms with Crippen molar-refractivity contribution in [2.24, 2.45) is 0 Å². The number of nitrogens with one attached hydrogen (secondary N) is 3. The van der Waals surface area contributed by atoms with Gasteiger partial charge in [-0.2, -0.15) is 0 Å². The maximum absolute atomic E-state index is 12.2. The summed E-state index contributed by atoms with van der Waals surface area (Å²) in [6, 6.07) is 13.9. The van der Waals surface area contributed by atoms with E-state index in [0.717, 1.165) is 12.8 Å². The molecule has 0 aliphatic heterocycles. The van der Waals surface area contributed by atoms with Crippen molar-refractivity contribution in [3.63, 3.8) is 0 Å². The summed E-state index contributed by atoms with van der Waals surface area (Å²) in [5.41, 5.74) is 6.08. The van der Waals surface area contributed by atoms with Gasteiger partial charge in [-0.15, -0.1) is 0 Å². The third kappa shape index (κ3) is 9.19. The van der Waals surface area contributed by atoms with Crippen molar-refractivity contribution >= 4 is 46.8 Å². The Bertz CT molecular complexity index is 917. The third-order valence-corrected chi connectivity index (χ3v) is 4.78. The van der Waals surface area contributed by atoms with Crippen molar-refractivity contribution in [3.8, 4) is 5.75 Å². The third-order valence-electron chi connectivity index (χ3n) is 4.23. The van der Waals surface area contributed by atoms with Gasteiger partial charge in [-0.05, 0) is 60.6 Å². The van der Waals surface area contributed by atoms with E-state index < -0.39 is 11.8 Å². The van der Waals surface area contributed by atoms with Gasteiger partial charge in [-0.1, -0.05) is 56.0 Å². The van der Waals surface area contributed by atoms with Crippen molar-refractivity contribution in [1.82, 2.24) is 16.2 Å². The van der Waals surface area contributed by atoms with Crippen molar-refractivity contribution in [1.29, 1.82) is 0 Å². The van der Waals surface area contributed by atoms with Crippen LogP contribution in [0.2, 0.25) is 5.02 Å². The number of carbonyl (C=O) groups excluding carboxylic acids is 2. The van der Waals surface area contributed by atoms with Gasteiger partial charge in [0.2, 0.25) is 5.91 Å². The number of hydrogen-bond acceptors (Lipinski definition) is 4. The molecule has 0 aliphatic rings. The zero-order chi connectivity index (χ0) is 22.5. The Kier molecular flexibility index (Phi) is 10.5. The van der Waals surface area contributed by atoms with E-state index in [1.165, 1.54) is 18.9 Å². The van der Waals surface area contributed by atoms with Crippen LogP contribution in [0.4, 0.5) is 0 Å². The van der Waals surface area contributed by atoms with E-state index in [-0.39, 0.29) is 5.11 Å². The van der Waals surface area contributed by atoms with Crippen LogP contribution in [0, 0.1) is 0 Å². The predicted molar refractivity (Wildman–Crippen MR) is 128 cm³/mol. The molecule has 2 aromatic carbocycles. The van der Waals surface area contributed by atoms with E-state index in [1.807, 2.05) is 6.07 Å². The first-order valence-electron chi connectivity index (χ1n) is 10.1. The zero-order valence-corrected chi connectivity index (χ0v) is 18.9. The SMILES string of the molecule is CCCCCCOc1ccc(C(=O)NNC(=S)NC(=O)C=Cc2ccccc2Cl)cc1. The number of amides is 2. The highest BCUT2D eigenvalue weighted by molar-refractivity contribution is 7.80. The summed E-state index contributed by atoms with van der Waals surface area (Å²) < 4.78 is 5.66. The summed E-state index contributed by atoms with van der Waals surface area (Å²) in [6.07, 6.45) is 7.43. The van der Waals surface area contributed by atoms with E-state index in [4.69, 9.17) is 28.6 Å². The molecule has 0 saturated heterocycles. The normalized spacial score (nSPS) is 10.5. The number of halogens is 1. The van der Waals surface area contributed by atoms with E-state index in [1.54, 1.807) is 48.5 Å². The maximum Gasteiger partial charge on any atom is 0.269 e. The second-order valence-electron chi connectivity index (χ2n) is 6.69. The van der Waals surface area contributed by atoms with Gasteiger partial charge in [0, 0.05) is 16.7 Å². The van der Waals surface area contributed by atoms with Crippen molar-refractivity contribution in [2.45, 2.75) is 32.6 Å². The number of benzene rings is 2. The van der Waals surface area contributed by atoms with Crippen LogP contribution in [0.15, 0.2) is 54.6 Å². The average molecular weight is 460 g/mol. The van der Waals surface area contributed by atoms with Gasteiger partial charge in [0.15, 0.2) is 5.11 Å². The maximum atomic E-state index is 12.2. The number of hydrogen-bond donors (Lipinski definition) is 3. The van der Waals surface area contributed by atoms with Gasteiger partial charge in [0.25, 0.3) is 5.91 Å². The fourth-order valence-corrected chi connectivity index (χ4v) is 2.92. The quantitative estimate of drug-likeness (QED) is 0.220. The minimum absolute atomic E-state index is 0.0332. The van der Waals surface area contributed by atoms with Gasteiger partial charge < -0.3 is 4.74 Å². The lowest BCUT2D eigenvalue weighted by molar-refractivity contribution is -0.115. The molecule has 0 fully saturated rings. The summed E-state index contributed by atoms with van der Waals surface area (Å²) in [5.74, 6) is -0.126. The molecule has 31 heavy (non-hydrogen) atoms. The molecule has 0 unspecified atom stereocenters. The summed E-state index contributed by atoms with van der Waals surface area (Å²) in [7, 11) is 0. The minimum Gasteiger partial charge on any atom is -0.494 e. The Morgan fingerprint density at radius 1 is 1.03 bits per heavy atom. The standard InChI is InChI=1S/C23H26ClN3O3S/c1-2-3-4-7-16-30-19-13-10-18(11-14-19)22(29)26-27-23(31)25-21(28)15-12-17-8-5-6-9-20(17)24/h5-6,8-15H,2-4,7,16H2,1H3,(H,26,29)(H2,25,27,28,31). The smallest absolute Gasteiger partial charge is 0.269 e. The Hall–Kier alpha value is -2.90. The predicted octanol–water partition coefficient (Wildman–Crippen LogP) is 4.65. The van der Waals surface area contributed by atoms with Crippen LogP contribution in [-0.4, -0.2) is 23.5 Å². The second kappa shape index (κ2) is 13.4. The van der Waals surface area contributed by atoms with Crippen LogP contribution >= 0.6 is 23.8 Å². The van der Waals surface area contributed by atoms with Crippen molar-refractivity contribution in [2.75, 3.05) is 6.61 Å². The number of ether oxygens (including phenoxy) is 1. The van der Waals surface area contributed by atoms with Gasteiger partial charge in [-0.25, -0.2) is 0 Å². The van der Waals surface area contributed by atoms with E-state index in [0.29, 0.717) is 28.5 Å². The molecule has 164 valence electrons. The molecule has 2 amide bonds. The Morgan fingerprint density at radius 2 is 1.77 bits per heavy atom. The first-order chi connectivity index (χ1) is 15.0. The summed E-state index contributed by atoms with van der Waals surface area (Å²) >= 11 is 11.0. The van der Waals surface area contributed by atoms with Gasteiger partial charge in [0.05, 0.1) is 6.61 Å². The van der Waals surface area contributed by atoms with Crippen LogP contribution in [0.25, 0.3) is 6.08 Å². The summed E-state index contributed by atoms with van der Waals surface area (Å²) in [6.45, 7) is 2.82. The summed E-state index contributed by atoms with van der Waals surface area (Å²) in [4.78, 5) is 24.2. The molecule has 3 N–H and O–H groups in total. The topological polar surface area (TPSA) is 79.5 Å². The lowest BCUT2D eigenvalue weighted by Crippen LogP contribution is -2.48. The lowest BCUT2D eigenvalue weighted by atomic mass is 10.2. The van der Waals surface area contributed by atoms with Crippen molar-refractivity contribution in [3.05, 3.63) is 70.8 Å². The average Bonchev–Trinajstić information content (AvgIpc) is 2.77. The van der Waals surface area contributed by atoms with Crippen LogP contribution in [0.5, 0.6) is 5.75 Å². The monoisotopic (exact) mass is 459 g/mol. The lowest BCUT2D eigenvalue weighted by Gasteiger charge is -2.10. The highest BCUT2D eigenvalue weighted by atomic mass is 35.5. The van der Waals surface area contributed by atoms with Crippen LogP contribution in [0.1, 0.15) is 48.5 Å². The Balaban J connectivity index is 1.73. The number of thiocarbonyl (C=S) groups is 1. The number of unbranched alkanes of at least 4 members (excludes halogenated alkanes) is 3. The fourth-order valence-electron chi connectivity index (χ4n) is 2.57. The molecule has 0 aromatic heterocycles. The molecule has 0 bridgehead atoms. The molecule has 0 aliphatic carbocycles. The van der Waals surface area contributed by atoms with E-state index >= 15 is 0 Å². The Morgan fingerprint density at radius 3 is 2.48 bits per heavy atom. The number of carbonyl (C=O) groups is 2. The van der Waals surface area contributed by atoms with Gasteiger partial charge in [-0.3, -0.25) is 25.8 Å². The minimum atomic E-state index is -0.452. The number of hydrazine groups is 1. The molecule has 8 heteroatoms. The largest absolute Gasteiger partial charge is 0.494 e. The van der Waals surface area contributed by atoms with Crippen LogP contribution in [0.3, 0.4) is 0 Å². The molecule has 0 heterocycles. The number of rotatable bonds is 9. The molecule has 6 nitrogen and oxygen atoms in total. The second-order valence-corrected chi connectivity index (χ2v) is 7.50. The molecule has 0 radical (unpaired) electrons. The highest BCUT2D eigenvalue weighted by Gasteiger charge is 2.07. The molecule has 0 atom stereocenters. The Labute approximate surface area is 193 Å². The molecular weight excluding hydrogens is 434 g/mol. The molecular formula is C23H26ClN3O3S. The van der Waals surface area contributed by atoms with E-state index in [9.17, 15) is 9.59 Å². The van der Waals surface area contributed by atoms with Gasteiger partial charge >= 0.3 is 0 Å². The van der Waals surface area contributed by atoms with Gasteiger partial charge in [0.1, 0.15) is 5.75 Å². The first-order valence-corrected chi connectivity index (χ1v) is 10.8. The fraction of sp³-hybridized carbons (Fsp3) is 0.261. The van der Waals surface area contributed by atoms with Crippen molar-refractivity contribution < 1.29 is 14.3 Å². The molecule has 2 aromatic rings. The molecule has 0 spiro atoms. The van der Waals surface area contributed by atoms with Crippen LogP contribution in [-0.2, 0) is 4.79 Å². The zero-order valence-electron chi connectivity index (χ0n) is 17.3. The summed E-state index contributed by atoms with van der Waals surface area (Å²) in [5, 5.41) is 2.94. The molecule has 2 rings (SSSR count). The van der Waals surface area contributed by atoms with E-state index in [2.05, 4.69) is 23.1 Å². The van der Waals surface area contributed by atoms with Crippen LogP contribution < -0.4 is 20.9 Å². The molecule has 0 saturated carbocycles. The first kappa shape index (κ1) is 24.4.